The summed E-state index contributed by atoms with van der Waals surface area (Å²) in [6.07, 6.45) is 0.447. The fraction of sp³-hybridized carbons (Fsp3) is 0.250. The number of nitrogens with one attached hydrogen (secondary N) is 2. The van der Waals surface area contributed by atoms with Crippen molar-refractivity contribution in [2.24, 2.45) is 0 Å². The van der Waals surface area contributed by atoms with E-state index < -0.39 is 17.8 Å². The van der Waals surface area contributed by atoms with Crippen molar-refractivity contribution in [3.63, 3.8) is 0 Å². The van der Waals surface area contributed by atoms with Gasteiger partial charge in [-0.1, -0.05) is 32.0 Å². The van der Waals surface area contributed by atoms with Crippen molar-refractivity contribution in [1.82, 2.24) is 0 Å². The molecule has 0 saturated heterocycles. The molecular formula is C20H21BrN2O4. The summed E-state index contributed by atoms with van der Waals surface area (Å²) in [5.41, 5.74) is 2.94. The minimum absolute atomic E-state index is 0.0403. The largest absolute Gasteiger partial charge is 0.481 e. The summed E-state index contributed by atoms with van der Waals surface area (Å²) in [6, 6.07) is 12.3. The molecule has 0 radical (unpaired) electrons. The lowest BCUT2D eigenvalue weighted by atomic mass is 10.0. The van der Waals surface area contributed by atoms with Gasteiger partial charge in [0.05, 0.1) is 5.69 Å². The van der Waals surface area contributed by atoms with Crippen LogP contribution in [-0.2, 0) is 20.8 Å². The number of carboxylic acid groups (broad SMARTS) is 1. The Hall–Kier alpha value is -2.67. The third kappa shape index (κ3) is 6.21. The third-order valence-electron chi connectivity index (χ3n) is 3.95. The van der Waals surface area contributed by atoms with Crippen molar-refractivity contribution in [2.75, 3.05) is 10.6 Å². The van der Waals surface area contributed by atoms with Crippen LogP contribution in [0, 0.1) is 0 Å². The van der Waals surface area contributed by atoms with Crippen molar-refractivity contribution in [1.29, 1.82) is 0 Å². The summed E-state index contributed by atoms with van der Waals surface area (Å²) in [5, 5.41) is 13.8. The lowest BCUT2D eigenvalue weighted by Gasteiger charge is -2.11. The van der Waals surface area contributed by atoms with Crippen LogP contribution in [0.25, 0.3) is 0 Å². The second-order valence-corrected chi connectivity index (χ2v) is 7.25. The molecule has 2 aromatic rings. The van der Waals surface area contributed by atoms with Crippen LogP contribution >= 0.6 is 15.9 Å². The Bertz CT molecular complexity index is 848. The lowest BCUT2D eigenvalue weighted by molar-refractivity contribution is -0.137. The van der Waals surface area contributed by atoms with Gasteiger partial charge in [0.2, 0.25) is 0 Å². The Kier molecular flexibility index (Phi) is 7.12. The first-order valence-corrected chi connectivity index (χ1v) is 9.28. The topological polar surface area (TPSA) is 95.5 Å². The van der Waals surface area contributed by atoms with Crippen LogP contribution in [0.3, 0.4) is 0 Å². The second-order valence-electron chi connectivity index (χ2n) is 6.39. The average Bonchev–Trinajstić information content (AvgIpc) is 2.62. The van der Waals surface area contributed by atoms with Gasteiger partial charge in [0.1, 0.15) is 0 Å². The van der Waals surface area contributed by atoms with Gasteiger partial charge >= 0.3 is 17.8 Å². The minimum Gasteiger partial charge on any atom is -0.481 e. The fourth-order valence-electron chi connectivity index (χ4n) is 2.36. The van der Waals surface area contributed by atoms with Crippen LogP contribution < -0.4 is 10.6 Å². The quantitative estimate of drug-likeness (QED) is 0.596. The number of aryl methyl sites for hydroxylation is 1. The van der Waals surface area contributed by atoms with Gasteiger partial charge in [0.15, 0.2) is 0 Å². The lowest BCUT2D eigenvalue weighted by Crippen LogP contribution is -2.29. The molecule has 0 aliphatic carbocycles. The Morgan fingerprint density at radius 2 is 1.63 bits per heavy atom. The van der Waals surface area contributed by atoms with Crippen molar-refractivity contribution in [3.05, 3.63) is 58.1 Å². The molecule has 0 aliphatic heterocycles. The number of carboxylic acids is 1. The van der Waals surface area contributed by atoms with Crippen molar-refractivity contribution < 1.29 is 19.5 Å². The molecule has 2 aromatic carbocycles. The minimum atomic E-state index is -0.864. The van der Waals surface area contributed by atoms with Gasteiger partial charge in [-0.3, -0.25) is 14.4 Å². The highest BCUT2D eigenvalue weighted by Gasteiger charge is 2.16. The number of hydrogen-bond donors (Lipinski definition) is 3. The van der Waals surface area contributed by atoms with E-state index in [0.29, 0.717) is 28.2 Å². The third-order valence-corrected chi connectivity index (χ3v) is 4.61. The normalized spacial score (nSPS) is 10.5. The van der Waals surface area contributed by atoms with Crippen molar-refractivity contribution >= 4 is 45.1 Å². The first-order valence-electron chi connectivity index (χ1n) is 8.48. The number of rotatable bonds is 6. The highest BCUT2D eigenvalue weighted by molar-refractivity contribution is 9.10. The molecule has 0 heterocycles. The molecule has 0 bridgehead atoms. The number of aliphatic carboxylic acids is 1. The molecule has 7 heteroatoms. The number of hydrogen-bond acceptors (Lipinski definition) is 3. The average molecular weight is 433 g/mol. The van der Waals surface area contributed by atoms with Gasteiger partial charge in [-0.05, 0) is 63.7 Å². The van der Waals surface area contributed by atoms with Crippen LogP contribution in [0.1, 0.15) is 37.3 Å². The summed E-state index contributed by atoms with van der Waals surface area (Å²) in [6.45, 7) is 4.14. The molecule has 0 spiro atoms. The summed E-state index contributed by atoms with van der Waals surface area (Å²) < 4.78 is 0.706. The van der Waals surface area contributed by atoms with E-state index in [4.69, 9.17) is 5.11 Å². The predicted molar refractivity (Wildman–Crippen MR) is 108 cm³/mol. The van der Waals surface area contributed by atoms with Crippen molar-refractivity contribution in [2.45, 2.75) is 32.6 Å². The number of anilines is 2. The van der Waals surface area contributed by atoms with Crippen LogP contribution in [0.2, 0.25) is 0 Å². The van der Waals surface area contributed by atoms with Crippen LogP contribution in [0.5, 0.6) is 0 Å². The van der Waals surface area contributed by atoms with Gasteiger partial charge in [-0.2, -0.15) is 0 Å². The van der Waals surface area contributed by atoms with Crippen LogP contribution in [0.4, 0.5) is 11.4 Å². The number of benzene rings is 2. The summed E-state index contributed by atoms with van der Waals surface area (Å²) in [4.78, 5) is 34.8. The first kappa shape index (κ1) is 20.6. The highest BCUT2D eigenvalue weighted by atomic mass is 79.9. The molecule has 2 amide bonds. The van der Waals surface area contributed by atoms with E-state index in [1.165, 1.54) is 0 Å². The molecule has 0 atom stereocenters. The number of halogens is 1. The predicted octanol–water partition coefficient (Wildman–Crippen LogP) is 4.17. The maximum absolute atomic E-state index is 12.1. The SMILES string of the molecule is CC(C)c1ccc(NC(=O)C(=O)Nc2ccc(CCC(=O)O)cc2)c(Br)c1. The van der Waals surface area contributed by atoms with E-state index in [1.54, 1.807) is 30.3 Å². The molecule has 6 nitrogen and oxygen atoms in total. The van der Waals surface area contributed by atoms with E-state index >= 15 is 0 Å². The second kappa shape index (κ2) is 9.32. The molecule has 0 unspecified atom stereocenters. The van der Waals surface area contributed by atoms with E-state index in [9.17, 15) is 14.4 Å². The van der Waals surface area contributed by atoms with Crippen LogP contribution in [-0.4, -0.2) is 22.9 Å². The monoisotopic (exact) mass is 432 g/mol. The van der Waals surface area contributed by atoms with E-state index in [2.05, 4.69) is 40.4 Å². The highest BCUT2D eigenvalue weighted by Crippen LogP contribution is 2.27. The molecule has 3 N–H and O–H groups in total. The molecule has 142 valence electrons. The Morgan fingerprint density at radius 3 is 2.19 bits per heavy atom. The molecule has 0 fully saturated rings. The zero-order chi connectivity index (χ0) is 20.0. The standard InChI is InChI=1S/C20H21BrN2O4/c1-12(2)14-6-9-17(16(21)11-14)23-20(27)19(26)22-15-7-3-13(4-8-15)5-10-18(24)25/h3-4,6-9,11-12H,5,10H2,1-2H3,(H,22,26)(H,23,27)(H,24,25). The van der Waals surface area contributed by atoms with E-state index in [1.807, 2.05) is 12.1 Å². The van der Waals surface area contributed by atoms with Gasteiger partial charge in [-0.15, -0.1) is 0 Å². The Labute approximate surface area is 166 Å². The Morgan fingerprint density at radius 1 is 1.00 bits per heavy atom. The number of carbonyl (C=O) groups excluding carboxylic acids is 2. The van der Waals surface area contributed by atoms with Gasteiger partial charge < -0.3 is 15.7 Å². The van der Waals surface area contributed by atoms with Gasteiger partial charge in [-0.25, -0.2) is 0 Å². The summed E-state index contributed by atoms with van der Waals surface area (Å²) >= 11 is 3.40. The Balaban J connectivity index is 1.95. The molecule has 0 aliphatic rings. The van der Waals surface area contributed by atoms with E-state index in [0.717, 1.165) is 11.1 Å². The zero-order valence-electron chi connectivity index (χ0n) is 15.1. The fourth-order valence-corrected chi connectivity index (χ4v) is 2.86. The molecule has 2 rings (SSSR count). The number of amides is 2. The van der Waals surface area contributed by atoms with Gasteiger partial charge in [0.25, 0.3) is 0 Å². The van der Waals surface area contributed by atoms with Crippen LogP contribution in [0.15, 0.2) is 46.9 Å². The summed E-state index contributed by atoms with van der Waals surface area (Å²) in [7, 11) is 0. The van der Waals surface area contributed by atoms with Gasteiger partial charge in [0, 0.05) is 16.6 Å². The summed E-state index contributed by atoms with van der Waals surface area (Å²) in [5.74, 6) is -2.07. The first-order chi connectivity index (χ1) is 12.8. The maximum Gasteiger partial charge on any atom is 0.314 e. The zero-order valence-corrected chi connectivity index (χ0v) is 16.7. The van der Waals surface area contributed by atoms with E-state index in [-0.39, 0.29) is 6.42 Å². The maximum atomic E-state index is 12.1. The number of carbonyl (C=O) groups is 3. The smallest absolute Gasteiger partial charge is 0.314 e. The van der Waals surface area contributed by atoms with Crippen molar-refractivity contribution in [3.8, 4) is 0 Å². The molecular weight excluding hydrogens is 412 g/mol. The molecule has 27 heavy (non-hydrogen) atoms. The molecule has 0 saturated carbocycles. The molecule has 0 aromatic heterocycles.